The highest BCUT2D eigenvalue weighted by molar-refractivity contribution is 5.82. The van der Waals surface area contributed by atoms with Crippen molar-refractivity contribution in [1.82, 2.24) is 20.2 Å². The molecule has 1 aromatic rings. The lowest BCUT2D eigenvalue weighted by Crippen LogP contribution is -2.47. The van der Waals surface area contributed by atoms with E-state index in [9.17, 15) is 4.79 Å². The van der Waals surface area contributed by atoms with Crippen LogP contribution in [0.5, 0.6) is 0 Å². The number of hydrogen-bond acceptors (Lipinski definition) is 3. The molecule has 20 heavy (non-hydrogen) atoms. The molecule has 0 saturated carbocycles. The van der Waals surface area contributed by atoms with Gasteiger partial charge in [0, 0.05) is 25.5 Å². The zero-order valence-electron chi connectivity index (χ0n) is 12.4. The summed E-state index contributed by atoms with van der Waals surface area (Å²) in [6.45, 7) is 5.74. The lowest BCUT2D eigenvalue weighted by molar-refractivity contribution is -0.133. The van der Waals surface area contributed by atoms with E-state index in [1.807, 2.05) is 17.1 Å². The number of carbonyl (C=O) groups is 1. The fraction of sp³-hybridized carbons (Fsp3) is 0.733. The Morgan fingerprint density at radius 3 is 2.90 bits per heavy atom. The first-order chi connectivity index (χ1) is 9.77. The van der Waals surface area contributed by atoms with Gasteiger partial charge in [0.1, 0.15) is 0 Å². The van der Waals surface area contributed by atoms with Crippen LogP contribution in [0.2, 0.25) is 0 Å². The predicted octanol–water partition coefficient (Wildman–Crippen LogP) is 1.56. The highest BCUT2D eigenvalue weighted by Gasteiger charge is 2.38. The summed E-state index contributed by atoms with van der Waals surface area (Å²) in [7, 11) is 0. The molecule has 1 aliphatic heterocycles. The number of hydrogen-bond donors (Lipinski definition) is 2. The third-order valence-electron chi connectivity index (χ3n) is 4.21. The molecule has 112 valence electrons. The Kier molecular flexibility index (Phi) is 5.59. The monoisotopic (exact) mass is 278 g/mol. The van der Waals surface area contributed by atoms with Crippen molar-refractivity contribution < 1.29 is 4.79 Å². The zero-order chi connectivity index (χ0) is 14.3. The summed E-state index contributed by atoms with van der Waals surface area (Å²) in [5.41, 5.74) is -0.130. The Bertz CT molecular complexity index is 391. The number of carbonyl (C=O) groups excluding carboxylic acids is 1. The second kappa shape index (κ2) is 7.43. The molecular weight excluding hydrogens is 252 g/mol. The predicted molar refractivity (Wildman–Crippen MR) is 79.3 cm³/mol. The van der Waals surface area contributed by atoms with E-state index < -0.39 is 0 Å². The molecule has 5 heteroatoms. The number of rotatable bonds is 7. The zero-order valence-corrected chi connectivity index (χ0v) is 12.4. The molecule has 0 aromatic carbocycles. The van der Waals surface area contributed by atoms with Crippen LogP contribution in [0.15, 0.2) is 18.7 Å². The van der Waals surface area contributed by atoms with Crippen molar-refractivity contribution >= 4 is 5.91 Å². The second-order valence-electron chi connectivity index (χ2n) is 5.69. The van der Waals surface area contributed by atoms with Gasteiger partial charge in [-0.05, 0) is 38.8 Å². The molecule has 0 bridgehead atoms. The molecule has 1 aliphatic rings. The molecule has 1 aromatic heterocycles. The summed E-state index contributed by atoms with van der Waals surface area (Å²) in [5, 5.41) is 6.49. The largest absolute Gasteiger partial charge is 0.356 e. The Balaban J connectivity index is 1.76. The maximum Gasteiger partial charge on any atom is 0.226 e. The van der Waals surface area contributed by atoms with Crippen LogP contribution in [-0.4, -0.2) is 35.1 Å². The van der Waals surface area contributed by atoms with Crippen LogP contribution in [0.25, 0.3) is 0 Å². The Hall–Kier alpha value is -1.36. The van der Waals surface area contributed by atoms with Gasteiger partial charge in [0.05, 0.1) is 11.7 Å². The first-order valence-corrected chi connectivity index (χ1v) is 7.71. The van der Waals surface area contributed by atoms with E-state index >= 15 is 0 Å². The average molecular weight is 278 g/mol. The van der Waals surface area contributed by atoms with E-state index in [0.29, 0.717) is 0 Å². The van der Waals surface area contributed by atoms with E-state index in [1.165, 1.54) is 0 Å². The van der Waals surface area contributed by atoms with Gasteiger partial charge in [-0.1, -0.05) is 13.3 Å². The van der Waals surface area contributed by atoms with Crippen LogP contribution in [0.3, 0.4) is 0 Å². The number of amides is 1. The highest BCUT2D eigenvalue weighted by Crippen LogP contribution is 2.34. The molecule has 2 rings (SSSR count). The minimum atomic E-state index is -0.130. The Morgan fingerprint density at radius 1 is 1.45 bits per heavy atom. The van der Waals surface area contributed by atoms with Crippen LogP contribution in [0.4, 0.5) is 0 Å². The van der Waals surface area contributed by atoms with Crippen molar-refractivity contribution in [3.8, 4) is 0 Å². The van der Waals surface area contributed by atoms with E-state index in [2.05, 4.69) is 22.5 Å². The number of nitrogens with one attached hydrogen (secondary N) is 2. The molecular formula is C15H26N4O. The van der Waals surface area contributed by atoms with Gasteiger partial charge in [-0.25, -0.2) is 4.98 Å². The number of aryl methyl sites for hydroxylation is 1. The lowest BCUT2D eigenvalue weighted by atomic mass is 9.74. The van der Waals surface area contributed by atoms with Gasteiger partial charge in [-0.15, -0.1) is 0 Å². The normalized spacial score (nSPS) is 17.9. The molecule has 2 heterocycles. The van der Waals surface area contributed by atoms with Crippen molar-refractivity contribution in [2.24, 2.45) is 5.41 Å². The van der Waals surface area contributed by atoms with E-state index in [0.717, 1.165) is 58.3 Å². The summed E-state index contributed by atoms with van der Waals surface area (Å²) >= 11 is 0. The van der Waals surface area contributed by atoms with Crippen molar-refractivity contribution in [3.05, 3.63) is 18.7 Å². The van der Waals surface area contributed by atoms with E-state index in [4.69, 9.17) is 0 Å². The maximum absolute atomic E-state index is 12.5. The van der Waals surface area contributed by atoms with Gasteiger partial charge in [-0.2, -0.15) is 0 Å². The molecule has 0 spiro atoms. The standard InChI is InChI=1S/C15H26N4O/c1-2-4-15(5-8-16-9-6-15)14(20)18-7-3-11-19-12-10-17-13-19/h10,12-13,16H,2-9,11H2,1H3,(H,18,20). The average Bonchev–Trinajstić information content (AvgIpc) is 2.98. The maximum atomic E-state index is 12.5. The van der Waals surface area contributed by atoms with Gasteiger partial charge in [0.15, 0.2) is 0 Å². The van der Waals surface area contributed by atoms with Gasteiger partial charge >= 0.3 is 0 Å². The molecule has 0 aliphatic carbocycles. The minimum absolute atomic E-state index is 0.130. The quantitative estimate of drug-likeness (QED) is 0.744. The molecule has 1 amide bonds. The Morgan fingerprint density at radius 2 is 2.25 bits per heavy atom. The number of aromatic nitrogens is 2. The van der Waals surface area contributed by atoms with Crippen molar-refractivity contribution in [2.75, 3.05) is 19.6 Å². The molecule has 0 unspecified atom stereocenters. The van der Waals surface area contributed by atoms with Gasteiger partial charge < -0.3 is 15.2 Å². The highest BCUT2D eigenvalue weighted by atomic mass is 16.2. The molecule has 2 N–H and O–H groups in total. The summed E-state index contributed by atoms with van der Waals surface area (Å²) in [5.74, 6) is 0.256. The minimum Gasteiger partial charge on any atom is -0.356 e. The van der Waals surface area contributed by atoms with E-state index in [1.54, 1.807) is 6.20 Å². The van der Waals surface area contributed by atoms with Crippen LogP contribution in [0, 0.1) is 5.41 Å². The van der Waals surface area contributed by atoms with Crippen molar-refractivity contribution in [3.63, 3.8) is 0 Å². The summed E-state index contributed by atoms with van der Waals surface area (Å²) in [4.78, 5) is 16.5. The first kappa shape index (κ1) is 15.0. The van der Waals surface area contributed by atoms with Gasteiger partial charge in [0.25, 0.3) is 0 Å². The smallest absolute Gasteiger partial charge is 0.226 e. The van der Waals surface area contributed by atoms with Crippen LogP contribution < -0.4 is 10.6 Å². The fourth-order valence-corrected chi connectivity index (χ4v) is 3.04. The number of nitrogens with zero attached hydrogens (tertiary/aromatic N) is 2. The number of imidazole rings is 1. The SMILES string of the molecule is CCCC1(C(=O)NCCCn2ccnc2)CCNCC1. The van der Waals surface area contributed by atoms with Crippen molar-refractivity contribution in [2.45, 2.75) is 45.6 Å². The van der Waals surface area contributed by atoms with Gasteiger partial charge in [0.2, 0.25) is 5.91 Å². The van der Waals surface area contributed by atoms with Crippen molar-refractivity contribution in [1.29, 1.82) is 0 Å². The van der Waals surface area contributed by atoms with Crippen LogP contribution >= 0.6 is 0 Å². The van der Waals surface area contributed by atoms with Gasteiger partial charge in [-0.3, -0.25) is 4.79 Å². The second-order valence-corrected chi connectivity index (χ2v) is 5.69. The first-order valence-electron chi connectivity index (χ1n) is 7.71. The molecule has 5 nitrogen and oxygen atoms in total. The molecule has 0 radical (unpaired) electrons. The van der Waals surface area contributed by atoms with E-state index in [-0.39, 0.29) is 11.3 Å². The molecule has 1 saturated heterocycles. The summed E-state index contributed by atoms with van der Waals surface area (Å²) in [6, 6.07) is 0. The summed E-state index contributed by atoms with van der Waals surface area (Å²) < 4.78 is 2.04. The Labute approximate surface area is 121 Å². The van der Waals surface area contributed by atoms with Crippen LogP contribution in [0.1, 0.15) is 39.0 Å². The lowest BCUT2D eigenvalue weighted by Gasteiger charge is -2.36. The fourth-order valence-electron chi connectivity index (χ4n) is 3.04. The van der Waals surface area contributed by atoms with Crippen LogP contribution in [-0.2, 0) is 11.3 Å². The third kappa shape index (κ3) is 3.82. The molecule has 0 atom stereocenters. The third-order valence-corrected chi connectivity index (χ3v) is 4.21. The topological polar surface area (TPSA) is 59.0 Å². The summed E-state index contributed by atoms with van der Waals surface area (Å²) in [6.07, 6.45) is 10.5. The molecule has 1 fully saturated rings. The number of piperidine rings is 1.